The molecular formula is C24H23N3O3S. The van der Waals surface area contributed by atoms with Gasteiger partial charge in [0.25, 0.3) is 0 Å². The molecular weight excluding hydrogens is 410 g/mol. The highest BCUT2D eigenvalue weighted by atomic mass is 32.2. The van der Waals surface area contributed by atoms with Crippen molar-refractivity contribution in [2.45, 2.75) is 11.8 Å². The summed E-state index contributed by atoms with van der Waals surface area (Å²) in [6.45, 7) is 1.97. The fourth-order valence-corrected chi connectivity index (χ4v) is 4.69. The zero-order valence-electron chi connectivity index (χ0n) is 17.5. The molecule has 4 aromatic rings. The molecule has 158 valence electrons. The normalized spacial score (nSPS) is 12.9. The minimum absolute atomic E-state index is 0.0970. The number of aromatic hydroxyl groups is 1. The lowest BCUT2D eigenvalue weighted by molar-refractivity contribution is 0.408. The lowest BCUT2D eigenvalue weighted by atomic mass is 10.1. The average molecular weight is 434 g/mol. The number of hydrogen-bond acceptors (Lipinski definition) is 6. The van der Waals surface area contributed by atoms with Gasteiger partial charge in [0, 0.05) is 52.3 Å². The molecule has 0 amide bonds. The average Bonchev–Trinajstić information content (AvgIpc) is 2.73. The van der Waals surface area contributed by atoms with Gasteiger partial charge in [-0.3, -0.25) is 4.98 Å². The first-order valence-electron chi connectivity index (χ1n) is 9.67. The molecule has 0 aliphatic carbocycles. The van der Waals surface area contributed by atoms with Crippen molar-refractivity contribution >= 4 is 37.7 Å². The summed E-state index contributed by atoms with van der Waals surface area (Å²) in [7, 11) is -1.06. The zero-order chi connectivity index (χ0) is 22.0. The topological polar surface area (TPSA) is 83.8 Å². The van der Waals surface area contributed by atoms with Crippen LogP contribution in [0.15, 0.2) is 82.2 Å². The Labute approximate surface area is 181 Å². The van der Waals surface area contributed by atoms with E-state index in [0.717, 1.165) is 22.2 Å². The first kappa shape index (κ1) is 20.7. The van der Waals surface area contributed by atoms with Crippen molar-refractivity contribution in [1.29, 1.82) is 0 Å². The van der Waals surface area contributed by atoms with Gasteiger partial charge >= 0.3 is 0 Å². The van der Waals surface area contributed by atoms with E-state index in [2.05, 4.69) is 14.7 Å². The summed E-state index contributed by atoms with van der Waals surface area (Å²) in [5, 5.41) is 14.1. The van der Waals surface area contributed by atoms with Gasteiger partial charge in [0.15, 0.2) is 0 Å². The van der Waals surface area contributed by atoms with Crippen LogP contribution in [0.4, 0.5) is 17.1 Å². The SMILES string of the molecule is COc1cc(O)cc(Nc2ccnc3ccc(N=S(C)(=O)c4cccc(C)c4)cc23)c1. The molecule has 31 heavy (non-hydrogen) atoms. The van der Waals surface area contributed by atoms with Gasteiger partial charge in [-0.2, -0.15) is 4.36 Å². The molecule has 0 aliphatic heterocycles. The largest absolute Gasteiger partial charge is 0.508 e. The van der Waals surface area contributed by atoms with Crippen LogP contribution in [0.5, 0.6) is 11.5 Å². The maximum absolute atomic E-state index is 13.3. The predicted molar refractivity (Wildman–Crippen MR) is 125 cm³/mol. The van der Waals surface area contributed by atoms with Crippen molar-refractivity contribution in [2.75, 3.05) is 18.7 Å². The molecule has 0 saturated carbocycles. The van der Waals surface area contributed by atoms with Crippen LogP contribution in [0.25, 0.3) is 10.9 Å². The van der Waals surface area contributed by atoms with Crippen LogP contribution >= 0.6 is 0 Å². The van der Waals surface area contributed by atoms with Gasteiger partial charge in [0.2, 0.25) is 0 Å². The van der Waals surface area contributed by atoms with E-state index in [9.17, 15) is 9.32 Å². The number of hydrogen-bond donors (Lipinski definition) is 2. The Kier molecular flexibility index (Phi) is 5.52. The summed E-state index contributed by atoms with van der Waals surface area (Å²) in [5.74, 6) is 0.639. The van der Waals surface area contributed by atoms with Gasteiger partial charge in [0.05, 0.1) is 28.0 Å². The second-order valence-corrected chi connectivity index (χ2v) is 9.57. The van der Waals surface area contributed by atoms with Crippen LogP contribution in [-0.4, -0.2) is 27.7 Å². The number of pyridine rings is 1. The standard InChI is InChI=1S/C24H23N3O3S/c1-16-5-4-6-21(11-16)31(3,29)27-17-7-8-23-22(14-17)24(9-10-25-23)26-18-12-19(28)15-20(13-18)30-2/h4-15,28H,1-3H3,(H,25,26). The van der Waals surface area contributed by atoms with E-state index in [1.807, 2.05) is 55.5 Å². The number of phenols is 1. The molecule has 1 atom stereocenters. The predicted octanol–water partition coefficient (Wildman–Crippen LogP) is 5.79. The Morgan fingerprint density at radius 3 is 2.68 bits per heavy atom. The van der Waals surface area contributed by atoms with Crippen molar-refractivity contribution in [2.24, 2.45) is 4.36 Å². The Bertz CT molecular complexity index is 1390. The van der Waals surface area contributed by atoms with E-state index < -0.39 is 9.73 Å². The maximum atomic E-state index is 13.3. The number of benzene rings is 3. The molecule has 0 aliphatic rings. The molecule has 0 bridgehead atoms. The summed E-state index contributed by atoms with van der Waals surface area (Å²) in [4.78, 5) is 5.11. The van der Waals surface area contributed by atoms with E-state index >= 15 is 0 Å². The molecule has 3 aromatic carbocycles. The van der Waals surface area contributed by atoms with E-state index in [0.29, 0.717) is 22.0 Å². The fourth-order valence-electron chi connectivity index (χ4n) is 3.33. The Morgan fingerprint density at radius 2 is 1.90 bits per heavy atom. The number of nitrogens with one attached hydrogen (secondary N) is 1. The number of nitrogens with zero attached hydrogens (tertiary/aromatic N) is 2. The molecule has 0 radical (unpaired) electrons. The zero-order valence-corrected chi connectivity index (χ0v) is 18.3. The van der Waals surface area contributed by atoms with E-state index in [1.165, 1.54) is 6.07 Å². The van der Waals surface area contributed by atoms with Crippen molar-refractivity contribution in [1.82, 2.24) is 4.98 Å². The second-order valence-electron chi connectivity index (χ2n) is 7.31. The highest BCUT2D eigenvalue weighted by Gasteiger charge is 2.09. The molecule has 4 rings (SSSR count). The highest BCUT2D eigenvalue weighted by molar-refractivity contribution is 7.93. The molecule has 1 unspecified atom stereocenters. The molecule has 0 saturated heterocycles. The molecule has 1 aromatic heterocycles. The van der Waals surface area contributed by atoms with Gasteiger partial charge < -0.3 is 15.2 Å². The monoisotopic (exact) mass is 433 g/mol. The quantitative estimate of drug-likeness (QED) is 0.416. The number of anilines is 2. The first-order chi connectivity index (χ1) is 14.8. The molecule has 0 fully saturated rings. The lowest BCUT2D eigenvalue weighted by Gasteiger charge is -2.12. The van der Waals surface area contributed by atoms with Crippen molar-refractivity contribution in [3.05, 3.63) is 78.5 Å². The summed E-state index contributed by atoms with van der Waals surface area (Å²) >= 11 is 0. The van der Waals surface area contributed by atoms with Gasteiger partial charge in [-0.05, 0) is 48.9 Å². The number of methoxy groups -OCH3 is 1. The van der Waals surface area contributed by atoms with Gasteiger partial charge in [-0.15, -0.1) is 0 Å². The third-order valence-electron chi connectivity index (χ3n) is 4.84. The van der Waals surface area contributed by atoms with Gasteiger partial charge in [-0.25, -0.2) is 4.21 Å². The molecule has 2 N–H and O–H groups in total. The first-order valence-corrected chi connectivity index (χ1v) is 11.6. The summed E-state index contributed by atoms with van der Waals surface area (Å²) in [6.07, 6.45) is 3.35. The minimum Gasteiger partial charge on any atom is -0.508 e. The van der Waals surface area contributed by atoms with Crippen LogP contribution in [0.2, 0.25) is 0 Å². The fraction of sp³-hybridized carbons (Fsp3) is 0.125. The molecule has 7 heteroatoms. The molecule has 0 spiro atoms. The van der Waals surface area contributed by atoms with Crippen LogP contribution < -0.4 is 10.1 Å². The lowest BCUT2D eigenvalue weighted by Crippen LogP contribution is -1.97. The summed E-state index contributed by atoms with van der Waals surface area (Å²) < 4.78 is 23.1. The number of ether oxygens (including phenoxy) is 1. The Morgan fingerprint density at radius 1 is 1.06 bits per heavy atom. The maximum Gasteiger partial charge on any atom is 0.124 e. The number of aryl methyl sites for hydroxylation is 1. The molecule has 1 heterocycles. The number of aromatic nitrogens is 1. The second kappa shape index (κ2) is 8.28. The van der Waals surface area contributed by atoms with E-state index in [4.69, 9.17) is 4.74 Å². The smallest absolute Gasteiger partial charge is 0.124 e. The number of phenolic OH excluding ortho intramolecular Hbond substituents is 1. The summed E-state index contributed by atoms with van der Waals surface area (Å²) in [6, 6.07) is 19.9. The van der Waals surface area contributed by atoms with Crippen molar-refractivity contribution in [3.63, 3.8) is 0 Å². The van der Waals surface area contributed by atoms with Crippen LogP contribution in [0, 0.1) is 6.92 Å². The van der Waals surface area contributed by atoms with E-state index in [-0.39, 0.29) is 5.75 Å². The van der Waals surface area contributed by atoms with E-state index in [1.54, 1.807) is 31.7 Å². The minimum atomic E-state index is -2.61. The van der Waals surface area contributed by atoms with Crippen molar-refractivity contribution < 1.29 is 14.1 Å². The highest BCUT2D eigenvalue weighted by Crippen LogP contribution is 2.32. The van der Waals surface area contributed by atoms with Crippen LogP contribution in [0.1, 0.15) is 5.56 Å². The third-order valence-corrected chi connectivity index (χ3v) is 6.53. The van der Waals surface area contributed by atoms with Crippen LogP contribution in [-0.2, 0) is 9.73 Å². The number of rotatable bonds is 5. The van der Waals surface area contributed by atoms with Crippen LogP contribution in [0.3, 0.4) is 0 Å². The Balaban J connectivity index is 1.77. The van der Waals surface area contributed by atoms with Crippen molar-refractivity contribution in [3.8, 4) is 11.5 Å². The Hall–Kier alpha value is -3.58. The number of fused-ring (bicyclic) bond motifs is 1. The molecule has 6 nitrogen and oxygen atoms in total. The van der Waals surface area contributed by atoms with Gasteiger partial charge in [0.1, 0.15) is 11.5 Å². The summed E-state index contributed by atoms with van der Waals surface area (Å²) in [5.41, 5.74) is 3.87. The third kappa shape index (κ3) is 4.62. The van der Waals surface area contributed by atoms with Gasteiger partial charge in [-0.1, -0.05) is 12.1 Å².